The van der Waals surface area contributed by atoms with Gasteiger partial charge in [0, 0.05) is 30.8 Å². The summed E-state index contributed by atoms with van der Waals surface area (Å²) in [6, 6.07) is 12.8. The van der Waals surface area contributed by atoms with Crippen LogP contribution in [0.3, 0.4) is 0 Å². The van der Waals surface area contributed by atoms with Crippen LogP contribution < -0.4 is 5.32 Å². The lowest BCUT2D eigenvalue weighted by Crippen LogP contribution is -2.31. The predicted molar refractivity (Wildman–Crippen MR) is 98.4 cm³/mol. The van der Waals surface area contributed by atoms with Crippen LogP contribution in [0.5, 0.6) is 0 Å². The van der Waals surface area contributed by atoms with E-state index in [9.17, 15) is 14.0 Å². The van der Waals surface area contributed by atoms with Gasteiger partial charge in [0.1, 0.15) is 5.82 Å². The van der Waals surface area contributed by atoms with Gasteiger partial charge in [0.15, 0.2) is 0 Å². The van der Waals surface area contributed by atoms with Crippen molar-refractivity contribution in [2.75, 3.05) is 13.1 Å². The molecule has 26 heavy (non-hydrogen) atoms. The van der Waals surface area contributed by atoms with E-state index in [-0.39, 0.29) is 17.6 Å². The molecule has 5 heteroatoms. The quantitative estimate of drug-likeness (QED) is 0.909. The van der Waals surface area contributed by atoms with Crippen molar-refractivity contribution in [3.8, 4) is 0 Å². The number of halogens is 1. The molecule has 136 valence electrons. The van der Waals surface area contributed by atoms with E-state index < -0.39 is 0 Å². The summed E-state index contributed by atoms with van der Waals surface area (Å²) in [7, 11) is 0. The average Bonchev–Trinajstić information content (AvgIpc) is 2.96. The maximum atomic E-state index is 12.9. The van der Waals surface area contributed by atoms with E-state index in [0.717, 1.165) is 31.5 Å². The van der Waals surface area contributed by atoms with Crippen LogP contribution in [0.25, 0.3) is 0 Å². The van der Waals surface area contributed by atoms with Crippen LogP contribution in [0, 0.1) is 5.82 Å². The van der Waals surface area contributed by atoms with Crippen LogP contribution in [0.15, 0.2) is 48.5 Å². The zero-order valence-electron chi connectivity index (χ0n) is 14.7. The Balaban J connectivity index is 1.58. The number of benzene rings is 2. The molecule has 0 radical (unpaired) electrons. The first kappa shape index (κ1) is 18.1. The molecule has 0 aliphatic carbocycles. The molecule has 0 spiro atoms. The van der Waals surface area contributed by atoms with Gasteiger partial charge in [-0.1, -0.05) is 25.0 Å². The third kappa shape index (κ3) is 4.69. The molecule has 1 fully saturated rings. The van der Waals surface area contributed by atoms with Crippen molar-refractivity contribution in [3.63, 3.8) is 0 Å². The summed E-state index contributed by atoms with van der Waals surface area (Å²) in [5.41, 5.74) is 1.94. The number of carbonyl (C=O) groups is 2. The molecule has 2 amide bonds. The number of nitrogens with one attached hydrogen (secondary N) is 1. The van der Waals surface area contributed by atoms with Gasteiger partial charge < -0.3 is 10.2 Å². The molecule has 0 saturated carbocycles. The summed E-state index contributed by atoms with van der Waals surface area (Å²) in [6.45, 7) is 1.94. The second kappa shape index (κ2) is 8.61. The van der Waals surface area contributed by atoms with E-state index in [0.29, 0.717) is 17.7 Å². The number of likely N-dealkylation sites (tertiary alicyclic amines) is 1. The van der Waals surface area contributed by atoms with E-state index >= 15 is 0 Å². The van der Waals surface area contributed by atoms with Crippen molar-refractivity contribution < 1.29 is 14.0 Å². The SMILES string of the molecule is O=C(NCc1ccc(F)cc1)c1ccc(C(=O)N2CCCCCC2)cc1. The van der Waals surface area contributed by atoms with E-state index in [1.165, 1.54) is 25.0 Å². The van der Waals surface area contributed by atoms with E-state index in [1.807, 2.05) is 4.90 Å². The zero-order chi connectivity index (χ0) is 18.4. The molecule has 2 aromatic rings. The maximum Gasteiger partial charge on any atom is 0.253 e. The minimum Gasteiger partial charge on any atom is -0.348 e. The van der Waals surface area contributed by atoms with Crippen molar-refractivity contribution in [1.82, 2.24) is 10.2 Å². The van der Waals surface area contributed by atoms with Gasteiger partial charge in [0.25, 0.3) is 11.8 Å². The van der Waals surface area contributed by atoms with Crippen LogP contribution in [0.2, 0.25) is 0 Å². The van der Waals surface area contributed by atoms with Crippen LogP contribution in [-0.4, -0.2) is 29.8 Å². The first-order chi connectivity index (χ1) is 12.6. The Morgan fingerprint density at radius 3 is 2.04 bits per heavy atom. The summed E-state index contributed by atoms with van der Waals surface area (Å²) in [4.78, 5) is 26.7. The van der Waals surface area contributed by atoms with Crippen LogP contribution in [0.4, 0.5) is 4.39 Å². The minimum absolute atomic E-state index is 0.0326. The fraction of sp³-hybridized carbons (Fsp3) is 0.333. The third-order valence-electron chi connectivity index (χ3n) is 4.65. The number of hydrogen-bond acceptors (Lipinski definition) is 2. The molecule has 1 N–H and O–H groups in total. The molecular weight excluding hydrogens is 331 g/mol. The molecule has 3 rings (SSSR count). The Morgan fingerprint density at radius 1 is 0.846 bits per heavy atom. The average molecular weight is 354 g/mol. The molecule has 0 bridgehead atoms. The van der Waals surface area contributed by atoms with Gasteiger partial charge in [0.2, 0.25) is 0 Å². The lowest BCUT2D eigenvalue weighted by Gasteiger charge is -2.20. The Morgan fingerprint density at radius 2 is 1.42 bits per heavy atom. The van der Waals surface area contributed by atoms with Crippen molar-refractivity contribution in [1.29, 1.82) is 0 Å². The highest BCUT2D eigenvalue weighted by molar-refractivity contribution is 5.97. The molecule has 1 heterocycles. The normalized spacial score (nSPS) is 14.6. The molecule has 0 unspecified atom stereocenters. The lowest BCUT2D eigenvalue weighted by atomic mass is 10.1. The zero-order valence-corrected chi connectivity index (χ0v) is 14.7. The van der Waals surface area contributed by atoms with Crippen LogP contribution in [0.1, 0.15) is 52.0 Å². The Bertz CT molecular complexity index is 749. The summed E-state index contributed by atoms with van der Waals surface area (Å²) in [5.74, 6) is -0.488. The first-order valence-electron chi connectivity index (χ1n) is 9.05. The molecule has 0 aromatic heterocycles. The lowest BCUT2D eigenvalue weighted by molar-refractivity contribution is 0.0761. The fourth-order valence-corrected chi connectivity index (χ4v) is 3.11. The largest absolute Gasteiger partial charge is 0.348 e. The van der Waals surface area contributed by atoms with Gasteiger partial charge in [-0.15, -0.1) is 0 Å². The van der Waals surface area contributed by atoms with Crippen LogP contribution >= 0.6 is 0 Å². The van der Waals surface area contributed by atoms with E-state index in [2.05, 4.69) is 5.32 Å². The van der Waals surface area contributed by atoms with Gasteiger partial charge in [0.05, 0.1) is 0 Å². The Hall–Kier alpha value is -2.69. The topological polar surface area (TPSA) is 49.4 Å². The molecule has 4 nitrogen and oxygen atoms in total. The maximum absolute atomic E-state index is 12.9. The predicted octanol–water partition coefficient (Wildman–Crippen LogP) is 3.77. The summed E-state index contributed by atoms with van der Waals surface area (Å²) in [5, 5.41) is 2.80. The van der Waals surface area contributed by atoms with Gasteiger partial charge in [-0.3, -0.25) is 9.59 Å². The highest BCUT2D eigenvalue weighted by Crippen LogP contribution is 2.14. The number of nitrogens with zero attached hydrogens (tertiary/aromatic N) is 1. The highest BCUT2D eigenvalue weighted by Gasteiger charge is 2.17. The van der Waals surface area contributed by atoms with Crippen molar-refractivity contribution in [3.05, 3.63) is 71.0 Å². The summed E-state index contributed by atoms with van der Waals surface area (Å²) >= 11 is 0. The first-order valence-corrected chi connectivity index (χ1v) is 9.05. The van der Waals surface area contributed by atoms with Gasteiger partial charge in [-0.25, -0.2) is 4.39 Å². The second-order valence-corrected chi connectivity index (χ2v) is 6.59. The summed E-state index contributed by atoms with van der Waals surface area (Å²) in [6.07, 6.45) is 4.46. The van der Waals surface area contributed by atoms with Gasteiger partial charge in [-0.2, -0.15) is 0 Å². The minimum atomic E-state index is -0.301. The molecular formula is C21H23FN2O2. The van der Waals surface area contributed by atoms with Crippen molar-refractivity contribution in [2.24, 2.45) is 0 Å². The standard InChI is InChI=1S/C21H23FN2O2/c22-19-11-5-16(6-12-19)15-23-20(25)17-7-9-18(10-8-17)21(26)24-13-3-1-2-4-14-24/h5-12H,1-4,13-15H2,(H,23,25). The Labute approximate surface area is 153 Å². The number of amides is 2. The van der Waals surface area contributed by atoms with Crippen LogP contribution in [-0.2, 0) is 6.54 Å². The monoisotopic (exact) mass is 354 g/mol. The highest BCUT2D eigenvalue weighted by atomic mass is 19.1. The van der Waals surface area contributed by atoms with Crippen molar-refractivity contribution >= 4 is 11.8 Å². The number of carbonyl (C=O) groups excluding carboxylic acids is 2. The molecule has 1 aliphatic rings. The Kier molecular flexibility index (Phi) is 6.00. The molecule has 0 atom stereocenters. The van der Waals surface area contributed by atoms with E-state index in [4.69, 9.17) is 0 Å². The molecule has 2 aromatic carbocycles. The molecule has 1 aliphatic heterocycles. The van der Waals surface area contributed by atoms with Gasteiger partial charge >= 0.3 is 0 Å². The number of hydrogen-bond donors (Lipinski definition) is 1. The number of rotatable bonds is 4. The van der Waals surface area contributed by atoms with Crippen molar-refractivity contribution in [2.45, 2.75) is 32.2 Å². The second-order valence-electron chi connectivity index (χ2n) is 6.59. The van der Waals surface area contributed by atoms with Gasteiger partial charge in [-0.05, 0) is 54.8 Å². The summed E-state index contributed by atoms with van der Waals surface area (Å²) < 4.78 is 12.9. The fourth-order valence-electron chi connectivity index (χ4n) is 3.11. The van der Waals surface area contributed by atoms with E-state index in [1.54, 1.807) is 36.4 Å². The smallest absolute Gasteiger partial charge is 0.253 e. The third-order valence-corrected chi connectivity index (χ3v) is 4.65. The molecule has 1 saturated heterocycles.